The molecule has 3 aliphatic heterocycles. The molecule has 0 aromatic rings. The van der Waals surface area contributed by atoms with Gasteiger partial charge in [0.05, 0.1) is 18.3 Å². The summed E-state index contributed by atoms with van der Waals surface area (Å²) in [6.07, 6.45) is 9.53. The molecule has 9 nitrogen and oxygen atoms in total. The zero-order valence-electron chi connectivity index (χ0n) is 31.3. The maximum atomic E-state index is 13.1. The first-order valence-corrected chi connectivity index (χ1v) is 20.0. The first-order valence-electron chi connectivity index (χ1n) is 20.0. The van der Waals surface area contributed by atoms with E-state index in [1.165, 1.54) is 12.8 Å². The topological polar surface area (TPSA) is 107 Å². The number of nitrogens with zero attached hydrogens (tertiary/aromatic N) is 1. The van der Waals surface area contributed by atoms with Gasteiger partial charge < -0.3 is 34.3 Å². The Kier molecular flexibility index (Phi) is 8.25. The Morgan fingerprint density at radius 1 is 0.939 bits per heavy atom. The number of alkyl carbamates (subject to hydrolysis) is 1. The lowest BCUT2D eigenvalue weighted by Crippen LogP contribution is -2.60. The molecular weight excluding hydrogens is 620 g/mol. The van der Waals surface area contributed by atoms with E-state index < -0.39 is 6.10 Å². The normalized spacial score (nSPS) is 48.9. The summed E-state index contributed by atoms with van der Waals surface area (Å²) >= 11 is 0. The molecule has 2 amide bonds. The van der Waals surface area contributed by atoms with Crippen LogP contribution in [0.2, 0.25) is 0 Å². The number of carbonyl (C=O) groups excluding carboxylic acids is 2. The van der Waals surface area contributed by atoms with Crippen LogP contribution in [0.25, 0.3) is 0 Å². The van der Waals surface area contributed by atoms with Gasteiger partial charge in [-0.05, 0) is 116 Å². The number of fused-ring (bicyclic) bond motifs is 4. The highest BCUT2D eigenvalue weighted by Crippen LogP contribution is 2.89. The van der Waals surface area contributed by atoms with Gasteiger partial charge in [-0.3, -0.25) is 0 Å². The molecule has 9 heteroatoms. The Labute approximate surface area is 294 Å². The van der Waals surface area contributed by atoms with Crippen LogP contribution >= 0.6 is 0 Å². The number of aliphatic hydroxyl groups is 1. The van der Waals surface area contributed by atoms with Crippen molar-refractivity contribution in [2.75, 3.05) is 26.3 Å². The maximum absolute atomic E-state index is 13.1. The molecule has 0 bridgehead atoms. The van der Waals surface area contributed by atoms with E-state index in [2.05, 4.69) is 53.8 Å². The average Bonchev–Trinajstić information content (AvgIpc) is 3.65. The summed E-state index contributed by atoms with van der Waals surface area (Å²) in [4.78, 5) is 27.8. The Hall–Kier alpha value is -1.58. The SMILES string of the molecule is CC(C)C(OC(=O)N1CCC1)C1C[C@@H](C)[C@H]2C(O1)[C@H](O)[C@@]1(C)C3CCC4C(C)(C)C(OC(=O)NC5CCOCC5)CCC45C[C@@]35CCC21C. The van der Waals surface area contributed by atoms with Crippen molar-refractivity contribution in [2.24, 2.45) is 56.7 Å². The van der Waals surface area contributed by atoms with Crippen molar-refractivity contribution in [2.45, 2.75) is 156 Å². The third kappa shape index (κ3) is 4.78. The van der Waals surface area contributed by atoms with Crippen molar-refractivity contribution in [1.29, 1.82) is 0 Å². The smallest absolute Gasteiger partial charge is 0.410 e. The van der Waals surface area contributed by atoms with Gasteiger partial charge in [-0.15, -0.1) is 0 Å². The van der Waals surface area contributed by atoms with Crippen molar-refractivity contribution < 1.29 is 33.6 Å². The summed E-state index contributed by atoms with van der Waals surface area (Å²) in [5.41, 5.74) is 0.126. The highest BCUT2D eigenvalue weighted by molar-refractivity contribution is 5.69. The number of hydrogen-bond donors (Lipinski definition) is 2. The van der Waals surface area contributed by atoms with Crippen LogP contribution in [-0.4, -0.2) is 85.1 Å². The molecule has 8 rings (SSSR count). The van der Waals surface area contributed by atoms with Gasteiger partial charge in [0.15, 0.2) is 0 Å². The molecule has 2 spiro atoms. The van der Waals surface area contributed by atoms with Crippen LogP contribution < -0.4 is 5.32 Å². The van der Waals surface area contributed by atoms with Crippen molar-refractivity contribution in [1.82, 2.24) is 10.2 Å². The monoisotopic (exact) mass is 684 g/mol. The lowest BCUT2D eigenvalue weighted by Gasteiger charge is -2.63. The molecule has 5 saturated carbocycles. The first kappa shape index (κ1) is 34.5. The largest absolute Gasteiger partial charge is 0.446 e. The number of aliphatic hydroxyl groups excluding tert-OH is 1. The van der Waals surface area contributed by atoms with E-state index in [4.69, 9.17) is 18.9 Å². The lowest BCUT2D eigenvalue weighted by molar-refractivity contribution is -0.185. The molecule has 0 aromatic carbocycles. The van der Waals surface area contributed by atoms with Gasteiger partial charge in [-0.1, -0.05) is 48.5 Å². The van der Waals surface area contributed by atoms with E-state index in [1.807, 2.05) is 0 Å². The Balaban J connectivity index is 1.01. The Morgan fingerprint density at radius 3 is 2.31 bits per heavy atom. The zero-order valence-corrected chi connectivity index (χ0v) is 31.3. The molecule has 49 heavy (non-hydrogen) atoms. The second-order valence-corrected chi connectivity index (χ2v) is 19.4. The van der Waals surface area contributed by atoms with E-state index in [0.29, 0.717) is 31.0 Å². The standard InChI is InChI=1S/C40H64N2O7/c1-23(2)31(49-35(45)42-17-8-18-42)26-21-24(3)30-32(47-26)33(43)38(7)28-10-9-27-36(4,5)29(48-34(44)41-25-12-19-46-20-13-25)11-14-39(27)22-40(28,39)16-15-37(30,38)6/h23-33,43H,8-22H2,1-7H3,(H,41,44)/t24-,26?,27?,28?,29?,30+,31?,32?,33+,37?,38-,39?,40+/m1/s1. The maximum Gasteiger partial charge on any atom is 0.410 e. The van der Waals surface area contributed by atoms with Gasteiger partial charge in [-0.2, -0.15) is 0 Å². The fraction of sp³-hybridized carbons (Fsp3) is 0.950. The molecule has 276 valence electrons. The number of hydrogen-bond acceptors (Lipinski definition) is 7. The summed E-state index contributed by atoms with van der Waals surface area (Å²) in [5.74, 6) is 1.73. The Bertz CT molecular complexity index is 1310. The predicted molar refractivity (Wildman–Crippen MR) is 185 cm³/mol. The molecule has 2 N–H and O–H groups in total. The van der Waals surface area contributed by atoms with E-state index in [1.54, 1.807) is 4.90 Å². The fourth-order valence-corrected chi connectivity index (χ4v) is 14.2. The van der Waals surface area contributed by atoms with Gasteiger partial charge in [0.2, 0.25) is 0 Å². The fourth-order valence-electron chi connectivity index (χ4n) is 14.2. The second-order valence-electron chi connectivity index (χ2n) is 19.4. The molecule has 8 unspecified atom stereocenters. The number of rotatable bonds is 5. The summed E-state index contributed by atoms with van der Waals surface area (Å²) in [7, 11) is 0. The van der Waals surface area contributed by atoms with Crippen LogP contribution in [0.5, 0.6) is 0 Å². The summed E-state index contributed by atoms with van der Waals surface area (Å²) in [6.45, 7) is 19.2. The van der Waals surface area contributed by atoms with Crippen LogP contribution in [-0.2, 0) is 18.9 Å². The minimum absolute atomic E-state index is 0.0201. The summed E-state index contributed by atoms with van der Waals surface area (Å²) in [5, 5.41) is 15.8. The van der Waals surface area contributed by atoms with Crippen molar-refractivity contribution >= 4 is 12.2 Å². The highest BCUT2D eigenvalue weighted by Gasteiger charge is 2.84. The van der Waals surface area contributed by atoms with Gasteiger partial charge >= 0.3 is 12.2 Å². The molecule has 0 radical (unpaired) electrons. The van der Waals surface area contributed by atoms with Gasteiger partial charge in [0.25, 0.3) is 0 Å². The lowest BCUT2D eigenvalue weighted by atomic mass is 9.41. The van der Waals surface area contributed by atoms with Crippen molar-refractivity contribution in [3.63, 3.8) is 0 Å². The van der Waals surface area contributed by atoms with Crippen LogP contribution in [0.15, 0.2) is 0 Å². The molecule has 13 atom stereocenters. The van der Waals surface area contributed by atoms with E-state index in [0.717, 1.165) is 70.9 Å². The van der Waals surface area contributed by atoms with Crippen molar-refractivity contribution in [3.05, 3.63) is 0 Å². The van der Waals surface area contributed by atoms with Crippen LogP contribution in [0, 0.1) is 56.7 Å². The minimum atomic E-state index is -0.551. The van der Waals surface area contributed by atoms with Crippen LogP contribution in [0.1, 0.15) is 119 Å². The molecule has 8 aliphatic rings. The predicted octanol–water partition coefficient (Wildman–Crippen LogP) is 6.94. The third-order valence-corrected chi connectivity index (χ3v) is 16.9. The van der Waals surface area contributed by atoms with Gasteiger partial charge in [-0.25, -0.2) is 9.59 Å². The minimum Gasteiger partial charge on any atom is -0.446 e. The molecular formula is C40H64N2O7. The number of amides is 2. The number of likely N-dealkylation sites (tertiary alicyclic amines) is 1. The molecule has 8 fully saturated rings. The van der Waals surface area contributed by atoms with Crippen LogP contribution in [0.3, 0.4) is 0 Å². The van der Waals surface area contributed by atoms with Gasteiger partial charge in [0, 0.05) is 43.2 Å². The van der Waals surface area contributed by atoms with E-state index in [9.17, 15) is 14.7 Å². The first-order chi connectivity index (χ1) is 23.2. The van der Waals surface area contributed by atoms with Crippen molar-refractivity contribution in [3.8, 4) is 0 Å². The third-order valence-electron chi connectivity index (χ3n) is 16.9. The summed E-state index contributed by atoms with van der Waals surface area (Å²) < 4.78 is 24.9. The zero-order chi connectivity index (χ0) is 34.7. The van der Waals surface area contributed by atoms with Crippen LogP contribution in [0.4, 0.5) is 9.59 Å². The van der Waals surface area contributed by atoms with Gasteiger partial charge in [0.1, 0.15) is 12.2 Å². The molecule has 0 aromatic heterocycles. The second kappa shape index (κ2) is 11.7. The molecule has 5 aliphatic carbocycles. The number of ether oxygens (including phenoxy) is 4. The number of nitrogens with one attached hydrogen (secondary N) is 1. The van der Waals surface area contributed by atoms with E-state index >= 15 is 0 Å². The molecule has 3 saturated heterocycles. The quantitative estimate of drug-likeness (QED) is 0.323. The van der Waals surface area contributed by atoms with E-state index in [-0.39, 0.29) is 81.6 Å². The summed E-state index contributed by atoms with van der Waals surface area (Å²) in [6, 6.07) is 0.138. The highest BCUT2D eigenvalue weighted by atomic mass is 16.6. The number of carbonyl (C=O) groups is 2. The average molecular weight is 685 g/mol. The Morgan fingerprint density at radius 2 is 1.63 bits per heavy atom. The molecule has 3 heterocycles.